The summed E-state index contributed by atoms with van der Waals surface area (Å²) in [7, 11) is 0. The van der Waals surface area contributed by atoms with Crippen molar-refractivity contribution in [2.75, 3.05) is 31.2 Å². The lowest BCUT2D eigenvalue weighted by Crippen LogP contribution is -2.36. The summed E-state index contributed by atoms with van der Waals surface area (Å²) in [6, 6.07) is 17.0. The molecular formula is C20H22N2O4. The van der Waals surface area contributed by atoms with Crippen LogP contribution in [0.3, 0.4) is 0 Å². The first-order chi connectivity index (χ1) is 12.6. The van der Waals surface area contributed by atoms with Crippen molar-refractivity contribution in [3.63, 3.8) is 0 Å². The normalized spacial score (nSPS) is 12.3. The van der Waals surface area contributed by atoms with Crippen molar-refractivity contribution in [1.29, 1.82) is 0 Å². The number of anilines is 1. The van der Waals surface area contributed by atoms with Gasteiger partial charge in [0.1, 0.15) is 0 Å². The summed E-state index contributed by atoms with van der Waals surface area (Å²) in [5.41, 5.74) is 2.19. The van der Waals surface area contributed by atoms with Gasteiger partial charge in [-0.2, -0.15) is 0 Å². The fourth-order valence-electron chi connectivity index (χ4n) is 2.98. The predicted molar refractivity (Wildman–Crippen MR) is 102 cm³/mol. The Morgan fingerprint density at radius 2 is 1.81 bits per heavy atom. The number of nitrogens with zero attached hydrogens (tertiary/aromatic N) is 1. The third-order valence-corrected chi connectivity index (χ3v) is 4.29. The molecule has 1 heterocycles. The van der Waals surface area contributed by atoms with Crippen molar-refractivity contribution in [1.82, 2.24) is 4.98 Å². The van der Waals surface area contributed by atoms with E-state index in [0.717, 1.165) is 16.6 Å². The summed E-state index contributed by atoms with van der Waals surface area (Å²) in [4.78, 5) is 17.2. The number of aromatic nitrogens is 1. The van der Waals surface area contributed by atoms with Gasteiger partial charge in [0.25, 0.3) is 5.56 Å². The first kappa shape index (κ1) is 18.1. The molecule has 0 aliphatic heterocycles. The summed E-state index contributed by atoms with van der Waals surface area (Å²) in [5, 5.41) is 29.4. The lowest BCUT2D eigenvalue weighted by Gasteiger charge is -2.26. The van der Waals surface area contributed by atoms with E-state index in [-0.39, 0.29) is 25.3 Å². The summed E-state index contributed by atoms with van der Waals surface area (Å²) in [5.74, 6) is 0. The lowest BCUT2D eigenvalue weighted by atomic mass is 10.1. The van der Waals surface area contributed by atoms with Crippen molar-refractivity contribution < 1.29 is 15.3 Å². The molecule has 3 rings (SSSR count). The van der Waals surface area contributed by atoms with Crippen LogP contribution >= 0.6 is 0 Å². The molecule has 0 amide bonds. The van der Waals surface area contributed by atoms with E-state index in [1.165, 1.54) is 0 Å². The number of pyridine rings is 1. The van der Waals surface area contributed by atoms with Gasteiger partial charge in [0.2, 0.25) is 0 Å². The predicted octanol–water partition coefficient (Wildman–Crippen LogP) is 1.35. The van der Waals surface area contributed by atoms with E-state index in [2.05, 4.69) is 4.98 Å². The molecule has 2 aromatic carbocycles. The van der Waals surface area contributed by atoms with Crippen LogP contribution in [0.15, 0.2) is 59.4 Å². The van der Waals surface area contributed by atoms with Crippen LogP contribution < -0.4 is 10.5 Å². The number of hydrogen-bond donors (Lipinski definition) is 4. The first-order valence-corrected chi connectivity index (χ1v) is 8.49. The molecule has 0 aliphatic carbocycles. The van der Waals surface area contributed by atoms with Crippen LogP contribution in [0.2, 0.25) is 0 Å². The summed E-state index contributed by atoms with van der Waals surface area (Å²) >= 11 is 0. The highest BCUT2D eigenvalue weighted by atomic mass is 16.3. The standard InChI is InChI=1S/C20H22N2O4/c23-9-8-22(12-17(25)13-24)16-7-6-15-10-19(14-4-2-1-3-5-14)21-20(26)18(15)11-16/h1-7,10-11,17,23-25H,8-9,12-13H2,(H,21,26). The van der Waals surface area contributed by atoms with Gasteiger partial charge in [0.15, 0.2) is 0 Å². The van der Waals surface area contributed by atoms with Gasteiger partial charge in [-0.25, -0.2) is 0 Å². The molecule has 1 unspecified atom stereocenters. The van der Waals surface area contributed by atoms with Crippen molar-refractivity contribution in [3.8, 4) is 11.3 Å². The molecule has 3 aromatic rings. The number of H-pyrrole nitrogens is 1. The molecule has 0 radical (unpaired) electrons. The van der Waals surface area contributed by atoms with Crippen LogP contribution in [-0.4, -0.2) is 52.7 Å². The lowest BCUT2D eigenvalue weighted by molar-refractivity contribution is 0.0991. The molecule has 1 aromatic heterocycles. The van der Waals surface area contributed by atoms with Crippen molar-refractivity contribution in [2.45, 2.75) is 6.10 Å². The highest BCUT2D eigenvalue weighted by Crippen LogP contribution is 2.24. The third kappa shape index (κ3) is 3.94. The summed E-state index contributed by atoms with van der Waals surface area (Å²) in [6.45, 7) is 0.00115. The van der Waals surface area contributed by atoms with Gasteiger partial charge in [-0.15, -0.1) is 0 Å². The maximum absolute atomic E-state index is 12.6. The topological polar surface area (TPSA) is 96.8 Å². The maximum Gasteiger partial charge on any atom is 0.256 e. The van der Waals surface area contributed by atoms with E-state index < -0.39 is 6.10 Å². The molecule has 6 nitrogen and oxygen atoms in total. The van der Waals surface area contributed by atoms with E-state index in [1.807, 2.05) is 48.5 Å². The second kappa shape index (κ2) is 8.14. The monoisotopic (exact) mass is 354 g/mol. The summed E-state index contributed by atoms with van der Waals surface area (Å²) in [6.07, 6.45) is -0.920. The Bertz CT molecular complexity index is 924. The first-order valence-electron chi connectivity index (χ1n) is 8.49. The zero-order valence-corrected chi connectivity index (χ0v) is 14.3. The number of nitrogens with one attached hydrogen (secondary N) is 1. The van der Waals surface area contributed by atoms with E-state index >= 15 is 0 Å². The molecule has 0 bridgehead atoms. The number of fused-ring (bicyclic) bond motifs is 1. The number of hydrogen-bond acceptors (Lipinski definition) is 5. The minimum Gasteiger partial charge on any atom is -0.395 e. The second-order valence-corrected chi connectivity index (χ2v) is 6.16. The van der Waals surface area contributed by atoms with Gasteiger partial charge < -0.3 is 25.2 Å². The van der Waals surface area contributed by atoms with Crippen LogP contribution in [0.4, 0.5) is 5.69 Å². The van der Waals surface area contributed by atoms with Gasteiger partial charge in [-0.1, -0.05) is 36.4 Å². The highest BCUT2D eigenvalue weighted by molar-refractivity contribution is 5.88. The maximum atomic E-state index is 12.6. The van der Waals surface area contributed by atoms with E-state index in [1.54, 1.807) is 11.0 Å². The zero-order chi connectivity index (χ0) is 18.5. The highest BCUT2D eigenvalue weighted by Gasteiger charge is 2.13. The molecule has 0 saturated carbocycles. The third-order valence-electron chi connectivity index (χ3n) is 4.29. The molecule has 0 aliphatic rings. The number of rotatable bonds is 7. The molecule has 0 fully saturated rings. The second-order valence-electron chi connectivity index (χ2n) is 6.16. The molecule has 0 spiro atoms. The van der Waals surface area contributed by atoms with Crippen LogP contribution in [-0.2, 0) is 0 Å². The number of aliphatic hydroxyl groups is 3. The molecule has 4 N–H and O–H groups in total. The van der Waals surface area contributed by atoms with Crippen molar-refractivity contribution >= 4 is 16.5 Å². The van der Waals surface area contributed by atoms with Crippen LogP contribution in [0.25, 0.3) is 22.0 Å². The van der Waals surface area contributed by atoms with Crippen LogP contribution in [0.5, 0.6) is 0 Å². The molecule has 6 heteroatoms. The van der Waals surface area contributed by atoms with Gasteiger partial charge in [-0.05, 0) is 29.1 Å². The smallest absolute Gasteiger partial charge is 0.256 e. The SMILES string of the molecule is O=c1[nH]c(-c2ccccc2)cc2ccc(N(CCO)CC(O)CO)cc12. The fourth-order valence-corrected chi connectivity index (χ4v) is 2.98. The Balaban J connectivity index is 2.01. The Morgan fingerprint density at radius 3 is 2.50 bits per heavy atom. The number of aliphatic hydroxyl groups excluding tert-OH is 3. The van der Waals surface area contributed by atoms with Gasteiger partial charge in [0.05, 0.1) is 19.3 Å². The molecule has 26 heavy (non-hydrogen) atoms. The number of aromatic amines is 1. The summed E-state index contributed by atoms with van der Waals surface area (Å²) < 4.78 is 0. The molecule has 1 atom stereocenters. The minimum atomic E-state index is -0.920. The average molecular weight is 354 g/mol. The fraction of sp³-hybridized carbons (Fsp3) is 0.250. The van der Waals surface area contributed by atoms with E-state index in [0.29, 0.717) is 17.6 Å². The zero-order valence-electron chi connectivity index (χ0n) is 14.3. The van der Waals surface area contributed by atoms with Crippen LogP contribution in [0, 0.1) is 0 Å². The number of benzene rings is 2. The quantitative estimate of drug-likeness (QED) is 0.514. The van der Waals surface area contributed by atoms with Crippen LogP contribution in [0.1, 0.15) is 0 Å². The molecular weight excluding hydrogens is 332 g/mol. The van der Waals surface area contributed by atoms with Crippen molar-refractivity contribution in [3.05, 3.63) is 65.0 Å². The van der Waals surface area contributed by atoms with Gasteiger partial charge >= 0.3 is 0 Å². The van der Waals surface area contributed by atoms with Gasteiger partial charge in [0, 0.05) is 29.9 Å². The molecule has 136 valence electrons. The van der Waals surface area contributed by atoms with E-state index in [4.69, 9.17) is 5.11 Å². The molecule has 0 saturated heterocycles. The van der Waals surface area contributed by atoms with E-state index in [9.17, 15) is 15.0 Å². The largest absolute Gasteiger partial charge is 0.395 e. The Kier molecular flexibility index (Phi) is 5.68. The van der Waals surface area contributed by atoms with Crippen molar-refractivity contribution in [2.24, 2.45) is 0 Å². The Morgan fingerprint density at radius 1 is 1.04 bits per heavy atom. The Labute approximate surface area is 151 Å². The minimum absolute atomic E-state index is 0.0977. The Hall–Kier alpha value is -2.67. The average Bonchev–Trinajstić information content (AvgIpc) is 2.68. The van der Waals surface area contributed by atoms with Gasteiger partial charge in [-0.3, -0.25) is 4.79 Å².